The second-order valence-corrected chi connectivity index (χ2v) is 5.50. The lowest BCUT2D eigenvalue weighted by molar-refractivity contribution is 0.0937. The predicted octanol–water partition coefficient (Wildman–Crippen LogP) is 2.74. The molecule has 1 heterocycles. The molecule has 2 atom stereocenters. The Morgan fingerprint density at radius 3 is 2.84 bits per heavy atom. The van der Waals surface area contributed by atoms with E-state index in [1.54, 1.807) is 0 Å². The summed E-state index contributed by atoms with van der Waals surface area (Å²) >= 11 is 0. The molecule has 104 valence electrons. The van der Waals surface area contributed by atoms with Crippen LogP contribution < -0.4 is 10.6 Å². The van der Waals surface area contributed by atoms with Gasteiger partial charge in [-0.15, -0.1) is 0 Å². The van der Waals surface area contributed by atoms with E-state index in [1.165, 1.54) is 6.42 Å². The Balaban J connectivity index is 2.05. The molecular formula is C15H23N3O. The van der Waals surface area contributed by atoms with Crippen LogP contribution in [0.25, 0.3) is 0 Å². The van der Waals surface area contributed by atoms with E-state index in [9.17, 15) is 4.79 Å². The molecule has 1 aromatic rings. The summed E-state index contributed by atoms with van der Waals surface area (Å²) in [5.41, 5.74) is 1.56. The standard InChI is InChI=1S/C15H23N3O/c1-4-16-14-9-12(8-11(3)17-14)15(19)18-13-6-5-10(2)7-13/h8-10,13H,4-7H2,1-3H3,(H,16,17)(H,18,19). The first-order valence-corrected chi connectivity index (χ1v) is 7.12. The first kappa shape index (κ1) is 13.8. The first-order chi connectivity index (χ1) is 9.08. The number of carbonyl (C=O) groups excluding carboxylic acids is 1. The van der Waals surface area contributed by atoms with Gasteiger partial charge in [-0.1, -0.05) is 6.92 Å². The fourth-order valence-electron chi connectivity index (χ4n) is 2.68. The number of anilines is 1. The second kappa shape index (κ2) is 6.04. The van der Waals surface area contributed by atoms with Gasteiger partial charge < -0.3 is 10.6 Å². The van der Waals surface area contributed by atoms with Crippen LogP contribution in [0.1, 0.15) is 49.2 Å². The zero-order chi connectivity index (χ0) is 13.8. The Labute approximate surface area is 115 Å². The Hall–Kier alpha value is -1.58. The fraction of sp³-hybridized carbons (Fsp3) is 0.600. The summed E-state index contributed by atoms with van der Waals surface area (Å²) in [4.78, 5) is 16.6. The SMILES string of the molecule is CCNc1cc(C(=O)NC2CCC(C)C2)cc(C)n1. The van der Waals surface area contributed by atoms with Crippen LogP contribution in [0.5, 0.6) is 0 Å². The van der Waals surface area contributed by atoms with Crippen molar-refractivity contribution in [3.8, 4) is 0 Å². The molecule has 1 fully saturated rings. The monoisotopic (exact) mass is 261 g/mol. The van der Waals surface area contributed by atoms with Gasteiger partial charge in [0.15, 0.2) is 0 Å². The van der Waals surface area contributed by atoms with Crippen LogP contribution in [0.2, 0.25) is 0 Å². The summed E-state index contributed by atoms with van der Waals surface area (Å²) in [5.74, 6) is 1.51. The lowest BCUT2D eigenvalue weighted by atomic mass is 10.1. The van der Waals surface area contributed by atoms with Crippen LogP contribution in [-0.4, -0.2) is 23.5 Å². The number of aryl methyl sites for hydroxylation is 1. The van der Waals surface area contributed by atoms with Gasteiger partial charge in [0.1, 0.15) is 5.82 Å². The molecule has 4 heteroatoms. The van der Waals surface area contributed by atoms with E-state index in [1.807, 2.05) is 26.0 Å². The fourth-order valence-corrected chi connectivity index (χ4v) is 2.68. The molecule has 1 amide bonds. The molecule has 0 aliphatic heterocycles. The number of amides is 1. The third-order valence-electron chi connectivity index (χ3n) is 3.60. The molecule has 0 saturated heterocycles. The van der Waals surface area contributed by atoms with E-state index >= 15 is 0 Å². The normalized spacial score (nSPS) is 22.3. The van der Waals surface area contributed by atoms with Crippen molar-refractivity contribution in [1.82, 2.24) is 10.3 Å². The van der Waals surface area contributed by atoms with Crippen molar-refractivity contribution in [3.63, 3.8) is 0 Å². The quantitative estimate of drug-likeness (QED) is 0.876. The van der Waals surface area contributed by atoms with Gasteiger partial charge in [-0.05, 0) is 51.2 Å². The molecule has 2 rings (SSSR count). The molecule has 2 N–H and O–H groups in total. The number of carbonyl (C=O) groups is 1. The van der Waals surface area contributed by atoms with Crippen LogP contribution in [-0.2, 0) is 0 Å². The maximum atomic E-state index is 12.2. The van der Waals surface area contributed by atoms with Crippen LogP contribution in [0.4, 0.5) is 5.82 Å². The van der Waals surface area contributed by atoms with E-state index in [0.717, 1.165) is 36.8 Å². The molecule has 4 nitrogen and oxygen atoms in total. The van der Waals surface area contributed by atoms with Crippen LogP contribution in [0.15, 0.2) is 12.1 Å². The second-order valence-electron chi connectivity index (χ2n) is 5.50. The molecule has 2 unspecified atom stereocenters. The van der Waals surface area contributed by atoms with Crippen molar-refractivity contribution < 1.29 is 4.79 Å². The van der Waals surface area contributed by atoms with Gasteiger partial charge >= 0.3 is 0 Å². The van der Waals surface area contributed by atoms with Crippen molar-refractivity contribution in [2.24, 2.45) is 5.92 Å². The highest BCUT2D eigenvalue weighted by molar-refractivity contribution is 5.95. The molecule has 1 aromatic heterocycles. The minimum Gasteiger partial charge on any atom is -0.370 e. The number of nitrogens with one attached hydrogen (secondary N) is 2. The zero-order valence-electron chi connectivity index (χ0n) is 12.0. The highest BCUT2D eigenvalue weighted by Gasteiger charge is 2.23. The van der Waals surface area contributed by atoms with Gasteiger partial charge in [0, 0.05) is 23.8 Å². The summed E-state index contributed by atoms with van der Waals surface area (Å²) < 4.78 is 0. The first-order valence-electron chi connectivity index (χ1n) is 7.12. The number of aromatic nitrogens is 1. The van der Waals surface area contributed by atoms with E-state index < -0.39 is 0 Å². The number of nitrogens with zero attached hydrogens (tertiary/aromatic N) is 1. The highest BCUT2D eigenvalue weighted by atomic mass is 16.1. The Bertz CT molecular complexity index is 459. The van der Waals surface area contributed by atoms with Crippen molar-refractivity contribution in [2.45, 2.75) is 46.1 Å². The maximum Gasteiger partial charge on any atom is 0.251 e. The van der Waals surface area contributed by atoms with Gasteiger partial charge in [0.2, 0.25) is 0 Å². The van der Waals surface area contributed by atoms with Crippen molar-refractivity contribution in [2.75, 3.05) is 11.9 Å². The third-order valence-corrected chi connectivity index (χ3v) is 3.60. The van der Waals surface area contributed by atoms with E-state index in [4.69, 9.17) is 0 Å². The lowest BCUT2D eigenvalue weighted by Crippen LogP contribution is -2.33. The summed E-state index contributed by atoms with van der Waals surface area (Å²) in [5, 5.41) is 6.28. The van der Waals surface area contributed by atoms with Crippen LogP contribution in [0.3, 0.4) is 0 Å². The Morgan fingerprint density at radius 1 is 1.42 bits per heavy atom. The zero-order valence-corrected chi connectivity index (χ0v) is 12.0. The topological polar surface area (TPSA) is 54.0 Å². The number of hydrogen-bond acceptors (Lipinski definition) is 3. The summed E-state index contributed by atoms with van der Waals surface area (Å²) in [6.45, 7) is 6.97. The van der Waals surface area contributed by atoms with Gasteiger partial charge in [0.05, 0.1) is 0 Å². The number of rotatable bonds is 4. The van der Waals surface area contributed by atoms with Crippen molar-refractivity contribution >= 4 is 11.7 Å². The maximum absolute atomic E-state index is 12.2. The minimum absolute atomic E-state index is 0.0174. The lowest BCUT2D eigenvalue weighted by Gasteiger charge is -2.13. The molecular weight excluding hydrogens is 238 g/mol. The molecule has 1 aliphatic rings. The molecule has 1 saturated carbocycles. The van der Waals surface area contributed by atoms with Gasteiger partial charge in [-0.3, -0.25) is 4.79 Å². The van der Waals surface area contributed by atoms with Crippen molar-refractivity contribution in [3.05, 3.63) is 23.4 Å². The summed E-state index contributed by atoms with van der Waals surface area (Å²) in [6.07, 6.45) is 3.40. The smallest absolute Gasteiger partial charge is 0.251 e. The van der Waals surface area contributed by atoms with Crippen molar-refractivity contribution in [1.29, 1.82) is 0 Å². The van der Waals surface area contributed by atoms with E-state index in [2.05, 4.69) is 22.5 Å². The average molecular weight is 261 g/mol. The molecule has 0 aromatic carbocycles. The molecule has 0 bridgehead atoms. The minimum atomic E-state index is 0.0174. The molecule has 0 radical (unpaired) electrons. The van der Waals surface area contributed by atoms with E-state index in [-0.39, 0.29) is 5.91 Å². The Morgan fingerprint density at radius 2 is 2.21 bits per heavy atom. The largest absolute Gasteiger partial charge is 0.370 e. The number of hydrogen-bond donors (Lipinski definition) is 2. The van der Waals surface area contributed by atoms with Crippen LogP contribution >= 0.6 is 0 Å². The predicted molar refractivity (Wildman–Crippen MR) is 77.4 cm³/mol. The summed E-state index contributed by atoms with van der Waals surface area (Å²) in [6, 6.07) is 4.00. The van der Waals surface area contributed by atoms with Crippen LogP contribution in [0, 0.1) is 12.8 Å². The van der Waals surface area contributed by atoms with Gasteiger partial charge in [-0.25, -0.2) is 4.98 Å². The van der Waals surface area contributed by atoms with Gasteiger partial charge in [-0.2, -0.15) is 0 Å². The molecule has 19 heavy (non-hydrogen) atoms. The summed E-state index contributed by atoms with van der Waals surface area (Å²) in [7, 11) is 0. The molecule has 1 aliphatic carbocycles. The Kier molecular flexibility index (Phi) is 4.40. The molecule has 0 spiro atoms. The average Bonchev–Trinajstić information content (AvgIpc) is 2.74. The van der Waals surface area contributed by atoms with E-state index in [0.29, 0.717) is 11.6 Å². The highest BCUT2D eigenvalue weighted by Crippen LogP contribution is 2.25. The number of pyridine rings is 1. The van der Waals surface area contributed by atoms with Gasteiger partial charge in [0.25, 0.3) is 5.91 Å². The third kappa shape index (κ3) is 3.69.